The number of hydrogen-bond acceptors (Lipinski definition) is 2. The minimum atomic E-state index is -0.385. The first-order chi connectivity index (χ1) is 11.2. The first-order valence-electron chi connectivity index (χ1n) is 9.68. The lowest BCUT2D eigenvalue weighted by atomic mass is 9.69. The Kier molecular flexibility index (Phi) is 5.76. The van der Waals surface area contributed by atoms with Crippen LogP contribution in [0.1, 0.15) is 63.9 Å². The Balaban J connectivity index is 1.48. The second-order valence-electron chi connectivity index (χ2n) is 7.87. The summed E-state index contributed by atoms with van der Waals surface area (Å²) in [4.78, 5) is 2.51. The van der Waals surface area contributed by atoms with Gasteiger partial charge in [0.15, 0.2) is 0 Å². The Morgan fingerprint density at radius 3 is 2.30 bits per heavy atom. The maximum atomic E-state index is 11.2. The monoisotopic (exact) mass is 315 g/mol. The topological polar surface area (TPSA) is 23.5 Å². The molecule has 0 unspecified atom stereocenters. The molecule has 3 rings (SSSR count). The smallest absolute Gasteiger partial charge is 0.0700 e. The summed E-state index contributed by atoms with van der Waals surface area (Å²) in [5.74, 6) is 1.48. The van der Waals surface area contributed by atoms with Crippen molar-refractivity contribution in [2.75, 3.05) is 13.1 Å². The van der Waals surface area contributed by atoms with E-state index in [-0.39, 0.29) is 5.60 Å². The van der Waals surface area contributed by atoms with Gasteiger partial charge in [-0.1, -0.05) is 62.9 Å². The van der Waals surface area contributed by atoms with Gasteiger partial charge in [-0.15, -0.1) is 0 Å². The largest absolute Gasteiger partial charge is 0.390 e. The van der Waals surface area contributed by atoms with Gasteiger partial charge < -0.3 is 5.11 Å². The van der Waals surface area contributed by atoms with E-state index in [0.717, 1.165) is 38.4 Å². The standard InChI is InChI=1S/C21H33NO/c1-2-6-18-9-11-20(12-10-18)21(23)13-15-22(16-14-21)17-19-7-4-3-5-8-19/h3-5,7-8,18,20,23H,2,6,9-17H2,1H3/t18-,20-. The molecule has 128 valence electrons. The fourth-order valence-corrected chi connectivity index (χ4v) is 4.74. The van der Waals surface area contributed by atoms with Gasteiger partial charge in [0.2, 0.25) is 0 Å². The highest BCUT2D eigenvalue weighted by atomic mass is 16.3. The van der Waals surface area contributed by atoms with E-state index in [1.54, 1.807) is 0 Å². The van der Waals surface area contributed by atoms with Gasteiger partial charge in [0.1, 0.15) is 0 Å². The average molecular weight is 316 g/mol. The molecule has 0 radical (unpaired) electrons. The molecule has 1 saturated heterocycles. The van der Waals surface area contributed by atoms with Crippen LogP contribution in [0.4, 0.5) is 0 Å². The Labute approximate surface area is 141 Å². The van der Waals surface area contributed by atoms with Gasteiger partial charge in [0.05, 0.1) is 5.60 Å². The zero-order valence-electron chi connectivity index (χ0n) is 14.7. The van der Waals surface area contributed by atoms with Crippen LogP contribution in [0.3, 0.4) is 0 Å². The van der Waals surface area contributed by atoms with Crippen LogP contribution in [0.15, 0.2) is 30.3 Å². The molecule has 2 heteroatoms. The van der Waals surface area contributed by atoms with E-state index in [2.05, 4.69) is 42.2 Å². The molecule has 1 heterocycles. The van der Waals surface area contributed by atoms with Crippen LogP contribution in [-0.4, -0.2) is 28.7 Å². The predicted molar refractivity (Wildman–Crippen MR) is 96.3 cm³/mol. The molecular weight excluding hydrogens is 282 g/mol. The van der Waals surface area contributed by atoms with Crippen molar-refractivity contribution in [3.05, 3.63) is 35.9 Å². The summed E-state index contributed by atoms with van der Waals surface area (Å²) < 4.78 is 0. The van der Waals surface area contributed by atoms with Gasteiger partial charge in [0, 0.05) is 19.6 Å². The molecule has 0 atom stereocenters. The van der Waals surface area contributed by atoms with E-state index >= 15 is 0 Å². The van der Waals surface area contributed by atoms with E-state index in [0.29, 0.717) is 5.92 Å². The number of piperidine rings is 1. The third-order valence-electron chi connectivity index (χ3n) is 6.27. The summed E-state index contributed by atoms with van der Waals surface area (Å²) >= 11 is 0. The van der Waals surface area contributed by atoms with Crippen LogP contribution in [0, 0.1) is 11.8 Å². The van der Waals surface area contributed by atoms with Crippen LogP contribution in [0.25, 0.3) is 0 Å². The fraction of sp³-hybridized carbons (Fsp3) is 0.714. The zero-order valence-corrected chi connectivity index (χ0v) is 14.7. The molecule has 2 nitrogen and oxygen atoms in total. The van der Waals surface area contributed by atoms with Crippen molar-refractivity contribution < 1.29 is 5.11 Å². The van der Waals surface area contributed by atoms with E-state index < -0.39 is 0 Å². The van der Waals surface area contributed by atoms with Crippen LogP contribution in [0.5, 0.6) is 0 Å². The van der Waals surface area contributed by atoms with Gasteiger partial charge in [-0.25, -0.2) is 0 Å². The molecule has 1 aliphatic carbocycles. The van der Waals surface area contributed by atoms with Crippen molar-refractivity contribution in [2.24, 2.45) is 11.8 Å². The van der Waals surface area contributed by atoms with Gasteiger partial charge in [-0.2, -0.15) is 0 Å². The molecule has 0 bridgehead atoms. The van der Waals surface area contributed by atoms with E-state index in [4.69, 9.17) is 0 Å². The van der Waals surface area contributed by atoms with Gasteiger partial charge in [-0.05, 0) is 43.1 Å². The number of hydrogen-bond donors (Lipinski definition) is 1. The summed E-state index contributed by atoms with van der Waals surface area (Å²) in [6.07, 6.45) is 9.80. The molecule has 0 spiro atoms. The summed E-state index contributed by atoms with van der Waals surface area (Å²) in [5, 5.41) is 11.2. The molecule has 0 amide bonds. The Morgan fingerprint density at radius 2 is 1.70 bits per heavy atom. The highest BCUT2D eigenvalue weighted by Gasteiger charge is 2.40. The SMILES string of the molecule is CCC[C@H]1CC[C@H](C2(O)CCN(Cc3ccccc3)CC2)CC1. The fourth-order valence-electron chi connectivity index (χ4n) is 4.74. The second kappa shape index (κ2) is 7.81. The summed E-state index contributed by atoms with van der Waals surface area (Å²) in [5.41, 5.74) is 1.00. The number of aliphatic hydroxyl groups is 1. The first kappa shape index (κ1) is 17.0. The highest BCUT2D eigenvalue weighted by Crippen LogP contribution is 2.41. The average Bonchev–Trinajstić information content (AvgIpc) is 2.59. The Morgan fingerprint density at radius 1 is 1.04 bits per heavy atom. The van der Waals surface area contributed by atoms with Crippen LogP contribution in [0.2, 0.25) is 0 Å². The van der Waals surface area contributed by atoms with Crippen molar-refractivity contribution in [1.82, 2.24) is 4.90 Å². The lowest BCUT2D eigenvalue weighted by Crippen LogP contribution is -2.49. The highest BCUT2D eigenvalue weighted by molar-refractivity contribution is 5.14. The normalized spacial score (nSPS) is 28.6. The van der Waals surface area contributed by atoms with Crippen molar-refractivity contribution in [2.45, 2.75) is 70.4 Å². The van der Waals surface area contributed by atoms with Gasteiger partial charge >= 0.3 is 0 Å². The van der Waals surface area contributed by atoms with Gasteiger partial charge in [-0.3, -0.25) is 4.90 Å². The molecule has 2 aliphatic rings. The van der Waals surface area contributed by atoms with Crippen molar-refractivity contribution in [3.63, 3.8) is 0 Å². The molecule has 1 aromatic carbocycles. The lowest BCUT2D eigenvalue weighted by molar-refractivity contribution is -0.0822. The van der Waals surface area contributed by atoms with E-state index in [1.807, 2.05) is 0 Å². The number of benzene rings is 1. The third-order valence-corrected chi connectivity index (χ3v) is 6.27. The van der Waals surface area contributed by atoms with Crippen LogP contribution in [-0.2, 0) is 6.54 Å². The van der Waals surface area contributed by atoms with E-state index in [1.165, 1.54) is 44.1 Å². The Bertz CT molecular complexity index is 456. The van der Waals surface area contributed by atoms with Crippen LogP contribution >= 0.6 is 0 Å². The quantitative estimate of drug-likeness (QED) is 0.857. The molecule has 2 fully saturated rings. The molecule has 1 aromatic rings. The lowest BCUT2D eigenvalue weighted by Gasteiger charge is -2.45. The zero-order chi connectivity index (χ0) is 16.1. The maximum Gasteiger partial charge on any atom is 0.0700 e. The second-order valence-corrected chi connectivity index (χ2v) is 7.87. The van der Waals surface area contributed by atoms with Gasteiger partial charge in [0.25, 0.3) is 0 Å². The third kappa shape index (κ3) is 4.36. The Hall–Kier alpha value is -0.860. The predicted octanol–water partition coefficient (Wildman–Crippen LogP) is 4.62. The number of likely N-dealkylation sites (tertiary alicyclic amines) is 1. The minimum Gasteiger partial charge on any atom is -0.390 e. The molecular formula is C21H33NO. The number of nitrogens with zero attached hydrogens (tertiary/aromatic N) is 1. The molecule has 0 aromatic heterocycles. The maximum absolute atomic E-state index is 11.2. The summed E-state index contributed by atoms with van der Waals surface area (Å²) in [6, 6.07) is 10.7. The van der Waals surface area contributed by atoms with Crippen molar-refractivity contribution in [3.8, 4) is 0 Å². The van der Waals surface area contributed by atoms with Crippen molar-refractivity contribution in [1.29, 1.82) is 0 Å². The molecule has 1 N–H and O–H groups in total. The summed E-state index contributed by atoms with van der Waals surface area (Å²) in [6.45, 7) is 5.41. The number of rotatable bonds is 5. The van der Waals surface area contributed by atoms with Crippen molar-refractivity contribution >= 4 is 0 Å². The molecule has 1 aliphatic heterocycles. The summed E-state index contributed by atoms with van der Waals surface area (Å²) in [7, 11) is 0. The van der Waals surface area contributed by atoms with E-state index in [9.17, 15) is 5.11 Å². The van der Waals surface area contributed by atoms with Crippen LogP contribution < -0.4 is 0 Å². The first-order valence-corrected chi connectivity index (χ1v) is 9.68. The minimum absolute atomic E-state index is 0.385. The molecule has 23 heavy (non-hydrogen) atoms. The molecule has 1 saturated carbocycles.